The minimum atomic E-state index is 1.14. The summed E-state index contributed by atoms with van der Waals surface area (Å²) < 4.78 is 0. The smallest absolute Gasteiger partial charge is 0.0367 e. The quantitative estimate of drug-likeness (QED) is 0.774. The maximum atomic E-state index is 3.21. The lowest BCUT2D eigenvalue weighted by atomic mass is 10.2. The van der Waals surface area contributed by atoms with Crippen molar-refractivity contribution in [3.05, 3.63) is 30.3 Å². The van der Waals surface area contributed by atoms with Crippen molar-refractivity contribution >= 4 is 5.69 Å². The molecule has 0 amide bonds. The number of hydrogen-bond acceptors (Lipinski definition) is 3. The van der Waals surface area contributed by atoms with Crippen molar-refractivity contribution in [3.8, 4) is 0 Å². The van der Waals surface area contributed by atoms with Crippen molar-refractivity contribution < 1.29 is 0 Å². The summed E-state index contributed by atoms with van der Waals surface area (Å²) in [5.74, 6) is 0. The van der Waals surface area contributed by atoms with Gasteiger partial charge in [0.25, 0.3) is 0 Å². The van der Waals surface area contributed by atoms with Gasteiger partial charge in [-0.05, 0) is 45.1 Å². The van der Waals surface area contributed by atoms with Gasteiger partial charge in [0.15, 0.2) is 0 Å². The van der Waals surface area contributed by atoms with Crippen LogP contribution in [0.25, 0.3) is 0 Å². The minimum Gasteiger partial charge on any atom is -0.369 e. The number of unbranched alkanes of at least 4 members (excludes halogenated alkanes) is 1. The predicted molar refractivity (Wildman–Crippen MR) is 78.3 cm³/mol. The number of rotatable bonds is 6. The zero-order valence-electron chi connectivity index (χ0n) is 11.4. The van der Waals surface area contributed by atoms with Crippen LogP contribution in [-0.4, -0.2) is 51.2 Å². The second kappa shape index (κ2) is 7.39. The van der Waals surface area contributed by atoms with Crippen LogP contribution in [0.5, 0.6) is 0 Å². The summed E-state index contributed by atoms with van der Waals surface area (Å²) in [7, 11) is 2.03. The van der Waals surface area contributed by atoms with Crippen LogP contribution >= 0.6 is 0 Å². The van der Waals surface area contributed by atoms with Gasteiger partial charge in [-0.15, -0.1) is 0 Å². The molecule has 0 aromatic heterocycles. The summed E-state index contributed by atoms with van der Waals surface area (Å²) in [6.45, 7) is 7.13. The monoisotopic (exact) mass is 247 g/mol. The SMILES string of the molecule is CNCCCCN1CCN(c2ccccc2)CC1. The van der Waals surface area contributed by atoms with Gasteiger partial charge in [-0.1, -0.05) is 18.2 Å². The van der Waals surface area contributed by atoms with Crippen LogP contribution in [0.4, 0.5) is 5.69 Å². The van der Waals surface area contributed by atoms with E-state index in [0.29, 0.717) is 0 Å². The van der Waals surface area contributed by atoms with Crippen LogP contribution in [0.1, 0.15) is 12.8 Å². The number of para-hydroxylation sites is 1. The van der Waals surface area contributed by atoms with E-state index >= 15 is 0 Å². The highest BCUT2D eigenvalue weighted by Gasteiger charge is 2.16. The van der Waals surface area contributed by atoms with Crippen LogP contribution in [0.3, 0.4) is 0 Å². The van der Waals surface area contributed by atoms with Crippen molar-refractivity contribution in [1.82, 2.24) is 10.2 Å². The Kier molecular flexibility index (Phi) is 5.49. The normalized spacial score (nSPS) is 17.1. The highest BCUT2D eigenvalue weighted by atomic mass is 15.3. The van der Waals surface area contributed by atoms with E-state index in [1.54, 1.807) is 0 Å². The molecule has 100 valence electrons. The Morgan fingerprint density at radius 2 is 1.72 bits per heavy atom. The number of benzene rings is 1. The summed E-state index contributed by atoms with van der Waals surface area (Å²) in [6, 6.07) is 10.8. The van der Waals surface area contributed by atoms with E-state index in [2.05, 4.69) is 45.4 Å². The summed E-state index contributed by atoms with van der Waals surface area (Å²) in [6.07, 6.45) is 2.60. The molecule has 18 heavy (non-hydrogen) atoms. The Labute approximate surface area is 111 Å². The lowest BCUT2D eigenvalue weighted by molar-refractivity contribution is 0.253. The van der Waals surface area contributed by atoms with E-state index < -0.39 is 0 Å². The van der Waals surface area contributed by atoms with Gasteiger partial charge in [0, 0.05) is 31.9 Å². The Bertz CT molecular complexity index is 318. The largest absolute Gasteiger partial charge is 0.369 e. The molecule has 0 atom stereocenters. The molecular weight excluding hydrogens is 222 g/mol. The fourth-order valence-corrected chi connectivity index (χ4v) is 2.51. The highest BCUT2D eigenvalue weighted by molar-refractivity contribution is 5.46. The molecular formula is C15H25N3. The third kappa shape index (κ3) is 4.00. The molecule has 2 rings (SSSR count). The molecule has 3 heteroatoms. The van der Waals surface area contributed by atoms with Gasteiger partial charge >= 0.3 is 0 Å². The van der Waals surface area contributed by atoms with E-state index in [1.165, 1.54) is 38.2 Å². The molecule has 1 aliphatic rings. The average molecular weight is 247 g/mol. The number of piperazine rings is 1. The molecule has 0 spiro atoms. The maximum absolute atomic E-state index is 3.21. The molecule has 0 unspecified atom stereocenters. The topological polar surface area (TPSA) is 18.5 Å². The van der Waals surface area contributed by atoms with Crippen molar-refractivity contribution in [1.29, 1.82) is 0 Å². The molecule has 0 bridgehead atoms. The van der Waals surface area contributed by atoms with E-state index in [-0.39, 0.29) is 0 Å². The zero-order valence-corrected chi connectivity index (χ0v) is 11.4. The summed E-state index contributed by atoms with van der Waals surface area (Å²) >= 11 is 0. The molecule has 0 aliphatic carbocycles. The fourth-order valence-electron chi connectivity index (χ4n) is 2.51. The molecule has 1 aromatic carbocycles. The first kappa shape index (κ1) is 13.4. The highest BCUT2D eigenvalue weighted by Crippen LogP contribution is 2.15. The van der Waals surface area contributed by atoms with Crippen LogP contribution in [0.2, 0.25) is 0 Å². The number of nitrogens with zero attached hydrogens (tertiary/aromatic N) is 2. The number of hydrogen-bond donors (Lipinski definition) is 1. The Morgan fingerprint density at radius 3 is 2.39 bits per heavy atom. The molecule has 3 nitrogen and oxygen atoms in total. The number of anilines is 1. The first-order chi connectivity index (χ1) is 8.90. The third-order valence-corrected chi connectivity index (χ3v) is 3.64. The molecule has 0 radical (unpaired) electrons. The van der Waals surface area contributed by atoms with E-state index in [9.17, 15) is 0 Å². The third-order valence-electron chi connectivity index (χ3n) is 3.64. The number of nitrogens with one attached hydrogen (secondary N) is 1. The second-order valence-electron chi connectivity index (χ2n) is 4.97. The molecule has 1 N–H and O–H groups in total. The summed E-state index contributed by atoms with van der Waals surface area (Å²) in [5, 5.41) is 3.21. The maximum Gasteiger partial charge on any atom is 0.0367 e. The van der Waals surface area contributed by atoms with Gasteiger partial charge in [-0.25, -0.2) is 0 Å². The van der Waals surface area contributed by atoms with Crippen LogP contribution in [0, 0.1) is 0 Å². The average Bonchev–Trinajstić information content (AvgIpc) is 2.45. The van der Waals surface area contributed by atoms with Crippen LogP contribution in [0.15, 0.2) is 30.3 Å². The van der Waals surface area contributed by atoms with Crippen molar-refractivity contribution in [2.24, 2.45) is 0 Å². The van der Waals surface area contributed by atoms with E-state index in [4.69, 9.17) is 0 Å². The first-order valence-corrected chi connectivity index (χ1v) is 7.07. The molecule has 1 fully saturated rings. The summed E-state index contributed by atoms with van der Waals surface area (Å²) in [5.41, 5.74) is 1.37. The van der Waals surface area contributed by atoms with Crippen LogP contribution < -0.4 is 10.2 Å². The molecule has 1 aliphatic heterocycles. The molecule has 0 saturated carbocycles. The van der Waals surface area contributed by atoms with Gasteiger partial charge < -0.3 is 10.2 Å². The fraction of sp³-hybridized carbons (Fsp3) is 0.600. The Hall–Kier alpha value is -1.06. The lowest BCUT2D eigenvalue weighted by Crippen LogP contribution is -2.46. The minimum absolute atomic E-state index is 1.14. The van der Waals surface area contributed by atoms with Gasteiger partial charge in [0.05, 0.1) is 0 Å². The Morgan fingerprint density at radius 1 is 1.00 bits per heavy atom. The summed E-state index contributed by atoms with van der Waals surface area (Å²) in [4.78, 5) is 5.08. The van der Waals surface area contributed by atoms with Gasteiger partial charge in [-0.2, -0.15) is 0 Å². The molecule has 1 saturated heterocycles. The second-order valence-corrected chi connectivity index (χ2v) is 4.97. The zero-order chi connectivity index (χ0) is 12.6. The van der Waals surface area contributed by atoms with E-state index in [0.717, 1.165) is 19.6 Å². The first-order valence-electron chi connectivity index (χ1n) is 7.07. The van der Waals surface area contributed by atoms with Gasteiger partial charge in [0.1, 0.15) is 0 Å². The Balaban J connectivity index is 1.68. The molecule has 1 aromatic rings. The lowest BCUT2D eigenvalue weighted by Gasteiger charge is -2.36. The van der Waals surface area contributed by atoms with Crippen molar-refractivity contribution in [3.63, 3.8) is 0 Å². The van der Waals surface area contributed by atoms with Gasteiger partial charge in [0.2, 0.25) is 0 Å². The standard InChI is InChI=1S/C15H25N3/c1-16-9-5-6-10-17-11-13-18(14-12-17)15-7-3-2-4-8-15/h2-4,7-8,16H,5-6,9-14H2,1H3. The van der Waals surface area contributed by atoms with Crippen molar-refractivity contribution in [2.75, 3.05) is 51.2 Å². The van der Waals surface area contributed by atoms with Crippen LogP contribution in [-0.2, 0) is 0 Å². The van der Waals surface area contributed by atoms with Gasteiger partial charge in [-0.3, -0.25) is 4.90 Å². The predicted octanol–water partition coefficient (Wildman–Crippen LogP) is 1.81. The molecule has 1 heterocycles. The van der Waals surface area contributed by atoms with E-state index in [1.807, 2.05) is 7.05 Å². The van der Waals surface area contributed by atoms with Crippen molar-refractivity contribution in [2.45, 2.75) is 12.8 Å².